The number of nitrogens with zero attached hydrogens (tertiary/aromatic N) is 2. The minimum Gasteiger partial charge on any atom is -0.328 e. The van der Waals surface area contributed by atoms with Crippen LogP contribution in [0, 0.1) is 11.7 Å². The smallest absolute Gasteiger partial charge is 0.123 e. The SMILES string of the molecule is CC1CCCCC1(CN)n1cncc1-c1cccc(F)c1. The predicted molar refractivity (Wildman–Crippen MR) is 82.3 cm³/mol. The first-order valence-corrected chi connectivity index (χ1v) is 7.66. The summed E-state index contributed by atoms with van der Waals surface area (Å²) in [5, 5.41) is 0. The van der Waals surface area contributed by atoms with Gasteiger partial charge in [-0.25, -0.2) is 9.37 Å². The average molecular weight is 287 g/mol. The van der Waals surface area contributed by atoms with E-state index >= 15 is 0 Å². The van der Waals surface area contributed by atoms with Crippen LogP contribution >= 0.6 is 0 Å². The van der Waals surface area contributed by atoms with E-state index < -0.39 is 0 Å². The maximum Gasteiger partial charge on any atom is 0.123 e. The monoisotopic (exact) mass is 287 g/mol. The quantitative estimate of drug-likeness (QED) is 0.938. The van der Waals surface area contributed by atoms with Crippen LogP contribution in [-0.2, 0) is 5.54 Å². The van der Waals surface area contributed by atoms with Crippen LogP contribution in [-0.4, -0.2) is 16.1 Å². The fraction of sp³-hybridized carbons (Fsp3) is 0.471. The number of hydrogen-bond acceptors (Lipinski definition) is 2. The van der Waals surface area contributed by atoms with Crippen LogP contribution in [0.3, 0.4) is 0 Å². The highest BCUT2D eigenvalue weighted by atomic mass is 19.1. The van der Waals surface area contributed by atoms with E-state index in [9.17, 15) is 4.39 Å². The highest BCUT2D eigenvalue weighted by Crippen LogP contribution is 2.41. The summed E-state index contributed by atoms with van der Waals surface area (Å²) >= 11 is 0. The van der Waals surface area contributed by atoms with Gasteiger partial charge in [0, 0.05) is 12.1 Å². The zero-order chi connectivity index (χ0) is 14.9. The van der Waals surface area contributed by atoms with Gasteiger partial charge in [-0.3, -0.25) is 0 Å². The van der Waals surface area contributed by atoms with Gasteiger partial charge in [0.25, 0.3) is 0 Å². The summed E-state index contributed by atoms with van der Waals surface area (Å²) in [6.45, 7) is 2.86. The molecule has 2 atom stereocenters. The Hall–Kier alpha value is -1.68. The molecule has 112 valence electrons. The van der Waals surface area contributed by atoms with Gasteiger partial charge in [0.2, 0.25) is 0 Å². The first kappa shape index (κ1) is 14.3. The molecule has 0 aliphatic heterocycles. The maximum absolute atomic E-state index is 13.5. The van der Waals surface area contributed by atoms with Crippen molar-refractivity contribution < 1.29 is 4.39 Å². The molecule has 0 amide bonds. The predicted octanol–water partition coefficient (Wildman–Crippen LogP) is 3.55. The Morgan fingerprint density at radius 2 is 2.29 bits per heavy atom. The molecule has 2 aromatic rings. The third kappa shape index (κ3) is 2.38. The summed E-state index contributed by atoms with van der Waals surface area (Å²) in [6.07, 6.45) is 8.35. The van der Waals surface area contributed by atoms with E-state index in [0.29, 0.717) is 12.5 Å². The van der Waals surface area contributed by atoms with Crippen LogP contribution in [0.15, 0.2) is 36.8 Å². The van der Waals surface area contributed by atoms with Crippen LogP contribution in [0.1, 0.15) is 32.6 Å². The second kappa shape index (κ2) is 5.60. The van der Waals surface area contributed by atoms with Crippen molar-refractivity contribution in [2.24, 2.45) is 11.7 Å². The summed E-state index contributed by atoms with van der Waals surface area (Å²) < 4.78 is 15.7. The molecule has 0 bridgehead atoms. The average Bonchev–Trinajstić information content (AvgIpc) is 2.98. The summed E-state index contributed by atoms with van der Waals surface area (Å²) in [6, 6.07) is 6.69. The Morgan fingerprint density at radius 3 is 3.00 bits per heavy atom. The van der Waals surface area contributed by atoms with Crippen LogP contribution in [0.4, 0.5) is 4.39 Å². The molecular formula is C17H22FN3. The van der Waals surface area contributed by atoms with Gasteiger partial charge in [0.15, 0.2) is 0 Å². The number of halogens is 1. The number of nitrogens with two attached hydrogens (primary N) is 1. The van der Waals surface area contributed by atoms with Crippen LogP contribution in [0.2, 0.25) is 0 Å². The molecule has 2 N–H and O–H groups in total. The van der Waals surface area contributed by atoms with Gasteiger partial charge >= 0.3 is 0 Å². The lowest BCUT2D eigenvalue weighted by Gasteiger charge is -2.44. The number of rotatable bonds is 3. The van der Waals surface area contributed by atoms with Crippen molar-refractivity contribution in [2.45, 2.75) is 38.1 Å². The molecule has 21 heavy (non-hydrogen) atoms. The second-order valence-corrected chi connectivity index (χ2v) is 6.11. The standard InChI is InChI=1S/C17H22FN3/c1-13-5-2-3-8-17(13,11-19)21-12-20-10-16(21)14-6-4-7-15(18)9-14/h4,6-7,9-10,12-13H,2-3,5,8,11,19H2,1H3. The molecule has 1 aromatic heterocycles. The van der Waals surface area contributed by atoms with Crippen molar-refractivity contribution in [3.8, 4) is 11.3 Å². The molecule has 1 fully saturated rings. The van der Waals surface area contributed by atoms with Gasteiger partial charge in [-0.15, -0.1) is 0 Å². The summed E-state index contributed by atoms with van der Waals surface area (Å²) in [7, 11) is 0. The van der Waals surface area contributed by atoms with Gasteiger partial charge in [-0.1, -0.05) is 31.9 Å². The molecule has 0 saturated heterocycles. The molecule has 0 radical (unpaired) electrons. The third-order valence-electron chi connectivity index (χ3n) is 5.01. The highest BCUT2D eigenvalue weighted by Gasteiger charge is 2.39. The fourth-order valence-electron chi connectivity index (χ4n) is 3.67. The maximum atomic E-state index is 13.5. The van der Waals surface area contributed by atoms with Crippen molar-refractivity contribution in [1.82, 2.24) is 9.55 Å². The molecule has 3 rings (SSSR count). The van der Waals surface area contributed by atoms with Crippen molar-refractivity contribution in [2.75, 3.05) is 6.54 Å². The first-order valence-electron chi connectivity index (χ1n) is 7.66. The van der Waals surface area contributed by atoms with Gasteiger partial charge in [-0.2, -0.15) is 0 Å². The van der Waals surface area contributed by atoms with Gasteiger partial charge < -0.3 is 10.3 Å². The largest absolute Gasteiger partial charge is 0.328 e. The van der Waals surface area contributed by atoms with Crippen molar-refractivity contribution >= 4 is 0 Å². The molecule has 1 aromatic carbocycles. The summed E-state index contributed by atoms with van der Waals surface area (Å²) in [4.78, 5) is 4.32. The number of hydrogen-bond donors (Lipinski definition) is 1. The molecule has 1 aliphatic carbocycles. The van der Waals surface area contributed by atoms with Gasteiger partial charge in [-0.05, 0) is 30.9 Å². The molecule has 4 heteroatoms. The van der Waals surface area contributed by atoms with Crippen LogP contribution < -0.4 is 5.73 Å². The van der Waals surface area contributed by atoms with Gasteiger partial charge in [0.05, 0.1) is 23.8 Å². The first-order chi connectivity index (χ1) is 10.2. The lowest BCUT2D eigenvalue weighted by molar-refractivity contribution is 0.127. The Kier molecular flexibility index (Phi) is 3.81. The molecule has 0 spiro atoms. The van der Waals surface area contributed by atoms with E-state index in [1.165, 1.54) is 25.3 Å². The highest BCUT2D eigenvalue weighted by molar-refractivity contribution is 5.59. The molecule has 1 heterocycles. The number of aromatic nitrogens is 2. The van der Waals surface area contributed by atoms with E-state index in [4.69, 9.17) is 5.73 Å². The Labute approximate surface area is 125 Å². The van der Waals surface area contributed by atoms with Crippen LogP contribution in [0.5, 0.6) is 0 Å². The normalized spacial score (nSPS) is 26.0. The Balaban J connectivity index is 2.09. The van der Waals surface area contributed by atoms with Gasteiger partial charge in [0.1, 0.15) is 5.82 Å². The molecule has 1 aliphatic rings. The van der Waals surface area contributed by atoms with E-state index in [2.05, 4.69) is 16.5 Å². The molecule has 1 saturated carbocycles. The topological polar surface area (TPSA) is 43.8 Å². The summed E-state index contributed by atoms with van der Waals surface area (Å²) in [5.74, 6) is 0.275. The zero-order valence-corrected chi connectivity index (χ0v) is 12.4. The minimum atomic E-state index is -0.223. The fourth-order valence-corrected chi connectivity index (χ4v) is 3.67. The van der Waals surface area contributed by atoms with E-state index in [1.54, 1.807) is 12.1 Å². The lowest BCUT2D eigenvalue weighted by atomic mass is 9.73. The Morgan fingerprint density at radius 1 is 1.43 bits per heavy atom. The van der Waals surface area contributed by atoms with Crippen molar-refractivity contribution in [1.29, 1.82) is 0 Å². The second-order valence-electron chi connectivity index (χ2n) is 6.11. The molecule has 2 unspecified atom stereocenters. The van der Waals surface area contributed by atoms with Crippen LogP contribution in [0.25, 0.3) is 11.3 Å². The van der Waals surface area contributed by atoms with E-state index in [-0.39, 0.29) is 11.4 Å². The van der Waals surface area contributed by atoms with Crippen molar-refractivity contribution in [3.63, 3.8) is 0 Å². The van der Waals surface area contributed by atoms with E-state index in [0.717, 1.165) is 17.7 Å². The third-order valence-corrected chi connectivity index (χ3v) is 5.01. The zero-order valence-electron chi connectivity index (χ0n) is 12.4. The summed E-state index contributed by atoms with van der Waals surface area (Å²) in [5.41, 5.74) is 7.89. The van der Waals surface area contributed by atoms with Crippen molar-refractivity contribution in [3.05, 3.63) is 42.6 Å². The number of benzene rings is 1. The minimum absolute atomic E-state index is 0.101. The Bertz CT molecular complexity index is 622. The lowest BCUT2D eigenvalue weighted by Crippen LogP contribution is -2.48. The van der Waals surface area contributed by atoms with E-state index in [1.807, 2.05) is 18.6 Å². The molecule has 3 nitrogen and oxygen atoms in total. The molecular weight excluding hydrogens is 265 g/mol. The number of imidazole rings is 1.